The summed E-state index contributed by atoms with van der Waals surface area (Å²) >= 11 is 0. The van der Waals surface area contributed by atoms with Gasteiger partial charge in [0.25, 0.3) is 0 Å². The number of rotatable bonds is 7. The zero-order valence-electron chi connectivity index (χ0n) is 12.0. The van der Waals surface area contributed by atoms with Crippen molar-refractivity contribution < 1.29 is 23.5 Å². The number of hydrogen-bond donors (Lipinski definition) is 0. The van der Waals surface area contributed by atoms with Crippen molar-refractivity contribution in [2.24, 2.45) is 0 Å². The number of esters is 1. The monoisotopic (exact) mass is 295 g/mol. The first-order valence-corrected chi connectivity index (χ1v) is 6.35. The molecule has 6 heteroatoms. The Labute approximate surface area is 123 Å². The van der Waals surface area contributed by atoms with Gasteiger partial charge in [0.2, 0.25) is 5.91 Å². The highest BCUT2D eigenvalue weighted by atomic mass is 19.1. The Morgan fingerprint density at radius 2 is 1.90 bits per heavy atom. The molecule has 0 saturated heterocycles. The van der Waals surface area contributed by atoms with Crippen LogP contribution in [0.15, 0.2) is 30.3 Å². The maximum atomic E-state index is 12.8. The Hall–Kier alpha value is -2.21. The molecule has 0 radical (unpaired) electrons. The van der Waals surface area contributed by atoms with Gasteiger partial charge in [-0.05, 0) is 23.8 Å². The standard InChI is InChI=1S/C15H18FNO4/c1-20-10-9-17(11-15(19)21-2)14(18)8-5-12-3-6-13(16)7-4-12/h3-8H,9-11H2,1-2H3. The number of methoxy groups -OCH3 is 2. The molecule has 0 bridgehead atoms. The molecule has 0 aliphatic heterocycles. The third-order valence-corrected chi connectivity index (χ3v) is 2.71. The smallest absolute Gasteiger partial charge is 0.325 e. The van der Waals surface area contributed by atoms with Crippen LogP contribution in [-0.4, -0.2) is 50.7 Å². The number of halogens is 1. The van der Waals surface area contributed by atoms with Crippen LogP contribution in [0.4, 0.5) is 4.39 Å². The van der Waals surface area contributed by atoms with E-state index in [0.29, 0.717) is 12.2 Å². The summed E-state index contributed by atoms with van der Waals surface area (Å²) in [4.78, 5) is 24.6. The molecular formula is C15H18FNO4. The summed E-state index contributed by atoms with van der Waals surface area (Å²) < 4.78 is 22.2. The van der Waals surface area contributed by atoms with Gasteiger partial charge in [-0.3, -0.25) is 9.59 Å². The highest BCUT2D eigenvalue weighted by Crippen LogP contribution is 2.05. The molecule has 0 N–H and O–H groups in total. The third kappa shape index (κ3) is 6.18. The van der Waals surface area contributed by atoms with Crippen LogP contribution < -0.4 is 0 Å². The van der Waals surface area contributed by atoms with Crippen molar-refractivity contribution in [2.45, 2.75) is 0 Å². The summed E-state index contributed by atoms with van der Waals surface area (Å²) in [6, 6.07) is 5.72. The van der Waals surface area contributed by atoms with E-state index in [1.54, 1.807) is 18.2 Å². The van der Waals surface area contributed by atoms with E-state index in [4.69, 9.17) is 4.74 Å². The first kappa shape index (κ1) is 16.8. The summed E-state index contributed by atoms with van der Waals surface area (Å²) in [5.41, 5.74) is 0.689. The molecule has 0 aliphatic carbocycles. The Kier molecular flexibility index (Phi) is 7.11. The van der Waals surface area contributed by atoms with Crippen molar-refractivity contribution in [3.8, 4) is 0 Å². The van der Waals surface area contributed by atoms with Crippen LogP contribution in [-0.2, 0) is 19.1 Å². The van der Waals surface area contributed by atoms with E-state index in [-0.39, 0.29) is 24.8 Å². The molecular weight excluding hydrogens is 277 g/mol. The van der Waals surface area contributed by atoms with E-state index in [2.05, 4.69) is 4.74 Å². The number of carbonyl (C=O) groups excluding carboxylic acids is 2. The van der Waals surface area contributed by atoms with Gasteiger partial charge in [0.15, 0.2) is 0 Å². The quantitative estimate of drug-likeness (QED) is 0.565. The topological polar surface area (TPSA) is 55.8 Å². The van der Waals surface area contributed by atoms with Crippen LogP contribution in [0.2, 0.25) is 0 Å². The highest BCUT2D eigenvalue weighted by molar-refractivity contribution is 5.93. The highest BCUT2D eigenvalue weighted by Gasteiger charge is 2.14. The Bertz CT molecular complexity index is 499. The average molecular weight is 295 g/mol. The molecule has 0 aliphatic rings. The number of nitrogens with zero attached hydrogens (tertiary/aromatic N) is 1. The second-order valence-electron chi connectivity index (χ2n) is 4.21. The second kappa shape index (κ2) is 8.86. The van der Waals surface area contributed by atoms with Gasteiger partial charge < -0.3 is 14.4 Å². The fourth-order valence-corrected chi connectivity index (χ4v) is 1.54. The van der Waals surface area contributed by atoms with Crippen molar-refractivity contribution in [2.75, 3.05) is 33.9 Å². The van der Waals surface area contributed by atoms with E-state index in [9.17, 15) is 14.0 Å². The summed E-state index contributed by atoms with van der Waals surface area (Å²) in [7, 11) is 2.77. The fourth-order valence-electron chi connectivity index (χ4n) is 1.54. The van der Waals surface area contributed by atoms with Crippen LogP contribution >= 0.6 is 0 Å². The molecule has 1 aromatic carbocycles. The summed E-state index contributed by atoms with van der Waals surface area (Å²) in [6.07, 6.45) is 2.88. The lowest BCUT2D eigenvalue weighted by molar-refractivity contribution is -0.145. The summed E-state index contributed by atoms with van der Waals surface area (Å²) in [5, 5.41) is 0. The third-order valence-electron chi connectivity index (χ3n) is 2.71. The molecule has 5 nitrogen and oxygen atoms in total. The second-order valence-corrected chi connectivity index (χ2v) is 4.21. The van der Waals surface area contributed by atoms with Crippen molar-refractivity contribution in [3.05, 3.63) is 41.7 Å². The molecule has 1 aromatic rings. The number of benzene rings is 1. The minimum absolute atomic E-state index is 0.146. The molecule has 1 rings (SSSR count). The van der Waals surface area contributed by atoms with Crippen molar-refractivity contribution >= 4 is 18.0 Å². The van der Waals surface area contributed by atoms with E-state index < -0.39 is 5.97 Å². The minimum Gasteiger partial charge on any atom is -0.468 e. The zero-order chi connectivity index (χ0) is 15.7. The van der Waals surface area contributed by atoms with Crippen molar-refractivity contribution in [1.82, 2.24) is 4.90 Å². The van der Waals surface area contributed by atoms with E-state index in [1.165, 1.54) is 37.3 Å². The van der Waals surface area contributed by atoms with Crippen LogP contribution in [0.5, 0.6) is 0 Å². The Balaban J connectivity index is 2.70. The zero-order valence-corrected chi connectivity index (χ0v) is 12.0. The molecule has 0 unspecified atom stereocenters. The van der Waals surface area contributed by atoms with Gasteiger partial charge in [-0.2, -0.15) is 0 Å². The predicted octanol–water partition coefficient (Wildman–Crippen LogP) is 1.49. The van der Waals surface area contributed by atoms with Crippen LogP contribution in [0, 0.1) is 5.82 Å². The Morgan fingerprint density at radius 1 is 1.24 bits per heavy atom. The van der Waals surface area contributed by atoms with Gasteiger partial charge in [0.05, 0.1) is 13.7 Å². The number of hydrogen-bond acceptors (Lipinski definition) is 4. The molecule has 0 fully saturated rings. The van der Waals surface area contributed by atoms with Crippen molar-refractivity contribution in [1.29, 1.82) is 0 Å². The van der Waals surface area contributed by atoms with Crippen LogP contribution in [0.25, 0.3) is 6.08 Å². The largest absolute Gasteiger partial charge is 0.468 e. The molecule has 21 heavy (non-hydrogen) atoms. The van der Waals surface area contributed by atoms with Gasteiger partial charge in [-0.15, -0.1) is 0 Å². The Morgan fingerprint density at radius 3 is 2.48 bits per heavy atom. The van der Waals surface area contributed by atoms with Gasteiger partial charge >= 0.3 is 5.97 Å². The first-order chi connectivity index (χ1) is 10.1. The number of carbonyl (C=O) groups is 2. The average Bonchev–Trinajstić information content (AvgIpc) is 2.50. The first-order valence-electron chi connectivity index (χ1n) is 6.35. The normalized spacial score (nSPS) is 10.6. The molecule has 0 spiro atoms. The lowest BCUT2D eigenvalue weighted by atomic mass is 10.2. The van der Waals surface area contributed by atoms with Crippen LogP contribution in [0.1, 0.15) is 5.56 Å². The molecule has 0 heterocycles. The SMILES string of the molecule is COCCN(CC(=O)OC)C(=O)C=Cc1ccc(F)cc1. The summed E-state index contributed by atoms with van der Waals surface area (Å²) in [5.74, 6) is -1.19. The molecule has 0 atom stereocenters. The van der Waals surface area contributed by atoms with Gasteiger partial charge in [0, 0.05) is 19.7 Å². The van der Waals surface area contributed by atoms with Crippen LogP contribution in [0.3, 0.4) is 0 Å². The molecule has 0 aromatic heterocycles. The molecule has 114 valence electrons. The lowest BCUT2D eigenvalue weighted by Crippen LogP contribution is -2.37. The fraction of sp³-hybridized carbons (Fsp3) is 0.333. The number of amides is 1. The van der Waals surface area contributed by atoms with Gasteiger partial charge in [-0.1, -0.05) is 12.1 Å². The van der Waals surface area contributed by atoms with Gasteiger partial charge in [0.1, 0.15) is 12.4 Å². The van der Waals surface area contributed by atoms with E-state index >= 15 is 0 Å². The maximum absolute atomic E-state index is 12.8. The van der Waals surface area contributed by atoms with Crippen molar-refractivity contribution in [3.63, 3.8) is 0 Å². The predicted molar refractivity (Wildman–Crippen MR) is 75.9 cm³/mol. The molecule has 0 saturated carbocycles. The van der Waals surface area contributed by atoms with Gasteiger partial charge in [-0.25, -0.2) is 4.39 Å². The lowest BCUT2D eigenvalue weighted by Gasteiger charge is -2.19. The van der Waals surface area contributed by atoms with E-state index in [1.807, 2.05) is 0 Å². The number of ether oxygens (including phenoxy) is 2. The van der Waals surface area contributed by atoms with E-state index in [0.717, 1.165) is 0 Å². The molecule has 1 amide bonds. The maximum Gasteiger partial charge on any atom is 0.325 e. The summed E-state index contributed by atoms with van der Waals surface area (Å²) in [6.45, 7) is 0.442. The minimum atomic E-state index is -0.505.